The minimum atomic E-state index is -0.263. The first-order valence-electron chi connectivity index (χ1n) is 8.75. The molecule has 1 aromatic heterocycles. The third-order valence-corrected chi connectivity index (χ3v) is 5.70. The van der Waals surface area contributed by atoms with Crippen molar-refractivity contribution in [2.75, 3.05) is 0 Å². The summed E-state index contributed by atoms with van der Waals surface area (Å²) in [6, 6.07) is 18.5. The normalized spacial score (nSPS) is 17.9. The van der Waals surface area contributed by atoms with E-state index in [1.807, 2.05) is 42.5 Å². The average Bonchev–Trinajstić information content (AvgIpc) is 3.29. The Hall–Kier alpha value is -2.54. The van der Waals surface area contributed by atoms with Gasteiger partial charge in [-0.2, -0.15) is 5.10 Å². The Kier molecular flexibility index (Phi) is 6.04. The number of benzene rings is 2. The number of rotatable bonds is 5. The van der Waals surface area contributed by atoms with Crippen molar-refractivity contribution < 1.29 is 9.21 Å². The number of amides is 1. The maximum atomic E-state index is 12.2. The van der Waals surface area contributed by atoms with Gasteiger partial charge in [-0.1, -0.05) is 59.2 Å². The summed E-state index contributed by atoms with van der Waals surface area (Å²) in [5.41, 5.74) is 1.88. The number of carbonyl (C=O) groups excluding carboxylic acids is 1. The van der Waals surface area contributed by atoms with Gasteiger partial charge in [0.1, 0.15) is 11.5 Å². The van der Waals surface area contributed by atoms with Crippen LogP contribution >= 0.6 is 35.0 Å². The summed E-state index contributed by atoms with van der Waals surface area (Å²) >= 11 is 13.4. The van der Waals surface area contributed by atoms with E-state index >= 15 is 0 Å². The zero-order valence-corrected chi connectivity index (χ0v) is 17.3. The van der Waals surface area contributed by atoms with Crippen LogP contribution in [0.3, 0.4) is 0 Å². The molecule has 29 heavy (non-hydrogen) atoms. The number of hydrogen-bond donors (Lipinski definition) is 1. The number of halogens is 2. The molecule has 5 nitrogen and oxygen atoms in total. The first-order chi connectivity index (χ1) is 14.1. The van der Waals surface area contributed by atoms with Crippen LogP contribution in [0.4, 0.5) is 0 Å². The quantitative estimate of drug-likeness (QED) is 0.422. The Bertz CT molecular complexity index is 1110. The highest BCUT2D eigenvalue weighted by Gasteiger charge is 2.30. The smallest absolute Gasteiger partial charge is 0.239 e. The first-order valence-corrected chi connectivity index (χ1v) is 10.4. The van der Waals surface area contributed by atoms with Gasteiger partial charge in [-0.05, 0) is 48.4 Å². The second-order valence-corrected chi connectivity index (χ2v) is 8.36. The van der Waals surface area contributed by atoms with E-state index in [-0.39, 0.29) is 11.2 Å². The lowest BCUT2D eigenvalue weighted by Gasteiger charge is -2.05. The SMILES string of the molecule is O=C1N/C(=N\N=C/c2ccc(-c3cccc(Cl)c3)o2)S[C@H]1Cc1cccc(Cl)c1. The van der Waals surface area contributed by atoms with Gasteiger partial charge in [0.2, 0.25) is 5.91 Å². The average molecular weight is 444 g/mol. The van der Waals surface area contributed by atoms with Crippen molar-refractivity contribution in [2.45, 2.75) is 11.7 Å². The number of nitrogens with one attached hydrogen (secondary N) is 1. The van der Waals surface area contributed by atoms with E-state index in [2.05, 4.69) is 15.5 Å². The maximum absolute atomic E-state index is 12.2. The lowest BCUT2D eigenvalue weighted by molar-refractivity contribution is -0.118. The molecule has 146 valence electrons. The lowest BCUT2D eigenvalue weighted by Crippen LogP contribution is -2.25. The van der Waals surface area contributed by atoms with Crippen molar-refractivity contribution in [3.63, 3.8) is 0 Å². The van der Waals surface area contributed by atoms with E-state index in [0.29, 0.717) is 33.2 Å². The second kappa shape index (κ2) is 8.86. The minimum Gasteiger partial charge on any atom is -0.455 e. The number of thioether (sulfide) groups is 1. The summed E-state index contributed by atoms with van der Waals surface area (Å²) in [4.78, 5) is 12.2. The van der Waals surface area contributed by atoms with E-state index < -0.39 is 0 Å². The first kappa shape index (κ1) is 19.8. The summed E-state index contributed by atoms with van der Waals surface area (Å²) in [5, 5.41) is 12.3. The Labute approximate surface area is 181 Å². The molecule has 8 heteroatoms. The topological polar surface area (TPSA) is 67.0 Å². The van der Waals surface area contributed by atoms with Crippen LogP contribution in [-0.2, 0) is 11.2 Å². The van der Waals surface area contributed by atoms with Gasteiger partial charge < -0.3 is 9.73 Å². The molecule has 1 saturated heterocycles. The predicted octanol–water partition coefficient (Wildman–Crippen LogP) is 5.42. The molecule has 1 aliphatic rings. The molecule has 1 aliphatic heterocycles. The highest BCUT2D eigenvalue weighted by atomic mass is 35.5. The molecule has 0 spiro atoms. The van der Waals surface area contributed by atoms with Gasteiger partial charge in [-0.25, -0.2) is 0 Å². The van der Waals surface area contributed by atoms with E-state index in [1.54, 1.807) is 18.2 Å². The molecule has 2 heterocycles. The molecule has 0 radical (unpaired) electrons. The lowest BCUT2D eigenvalue weighted by atomic mass is 10.1. The number of amidine groups is 1. The molecule has 4 rings (SSSR count). The largest absolute Gasteiger partial charge is 0.455 e. The van der Waals surface area contributed by atoms with E-state index in [9.17, 15) is 4.79 Å². The van der Waals surface area contributed by atoms with Gasteiger partial charge in [-0.3, -0.25) is 4.79 Å². The van der Waals surface area contributed by atoms with Crippen LogP contribution < -0.4 is 5.32 Å². The zero-order chi connectivity index (χ0) is 20.2. The van der Waals surface area contributed by atoms with Crippen LogP contribution in [0.25, 0.3) is 11.3 Å². The standard InChI is InChI=1S/C21H15Cl2N3O2S/c22-15-5-1-3-13(9-15)10-19-20(27)25-21(29-19)26-24-12-17-7-8-18(28-17)14-4-2-6-16(23)11-14/h1-9,11-12,19H,10H2,(H,25,26,27)/b24-12-/t19-/m0/s1. The molecule has 1 atom stereocenters. The summed E-state index contributed by atoms with van der Waals surface area (Å²) < 4.78 is 5.74. The van der Waals surface area contributed by atoms with Crippen molar-refractivity contribution in [2.24, 2.45) is 10.2 Å². The molecule has 0 saturated carbocycles. The third kappa shape index (κ3) is 5.09. The molecule has 0 bridgehead atoms. The van der Waals surface area contributed by atoms with Crippen molar-refractivity contribution in [3.05, 3.63) is 82.0 Å². The second-order valence-electron chi connectivity index (χ2n) is 6.29. The van der Waals surface area contributed by atoms with Crippen LogP contribution in [0, 0.1) is 0 Å². The van der Waals surface area contributed by atoms with Gasteiger partial charge in [0, 0.05) is 15.6 Å². The van der Waals surface area contributed by atoms with Crippen LogP contribution in [-0.4, -0.2) is 22.5 Å². The van der Waals surface area contributed by atoms with Crippen molar-refractivity contribution in [1.29, 1.82) is 0 Å². The summed E-state index contributed by atoms with van der Waals surface area (Å²) in [6.07, 6.45) is 2.07. The molecular formula is C21H15Cl2N3O2S. The number of nitrogens with zero attached hydrogens (tertiary/aromatic N) is 2. The molecule has 0 aliphatic carbocycles. The number of furan rings is 1. The van der Waals surface area contributed by atoms with Crippen molar-refractivity contribution >= 4 is 52.3 Å². The number of hydrogen-bond acceptors (Lipinski definition) is 5. The molecule has 0 unspecified atom stereocenters. The fourth-order valence-corrected chi connectivity index (χ4v) is 4.19. The van der Waals surface area contributed by atoms with Crippen molar-refractivity contribution in [1.82, 2.24) is 5.32 Å². The molecule has 1 amide bonds. The summed E-state index contributed by atoms with van der Waals surface area (Å²) in [6.45, 7) is 0. The van der Waals surface area contributed by atoms with E-state index in [4.69, 9.17) is 27.6 Å². The van der Waals surface area contributed by atoms with Gasteiger partial charge >= 0.3 is 0 Å². The fraction of sp³-hybridized carbons (Fsp3) is 0.0952. The van der Waals surface area contributed by atoms with E-state index in [0.717, 1.165) is 11.1 Å². The fourth-order valence-electron chi connectivity index (χ4n) is 2.82. The highest BCUT2D eigenvalue weighted by molar-refractivity contribution is 8.15. The van der Waals surface area contributed by atoms with Crippen LogP contribution in [0.15, 0.2) is 75.3 Å². The zero-order valence-electron chi connectivity index (χ0n) is 15.0. The van der Waals surface area contributed by atoms with Crippen LogP contribution in [0.2, 0.25) is 10.0 Å². The Morgan fingerprint density at radius 3 is 2.66 bits per heavy atom. The maximum Gasteiger partial charge on any atom is 0.239 e. The van der Waals surface area contributed by atoms with Crippen molar-refractivity contribution in [3.8, 4) is 11.3 Å². The molecule has 2 aromatic carbocycles. The van der Waals surface area contributed by atoms with Gasteiger partial charge in [0.05, 0.1) is 11.5 Å². The monoisotopic (exact) mass is 443 g/mol. The molecule has 3 aromatic rings. The minimum absolute atomic E-state index is 0.0924. The number of carbonyl (C=O) groups is 1. The van der Waals surface area contributed by atoms with Crippen LogP contribution in [0.5, 0.6) is 0 Å². The molecule has 1 fully saturated rings. The van der Waals surface area contributed by atoms with Gasteiger partial charge in [0.25, 0.3) is 0 Å². The Morgan fingerprint density at radius 2 is 1.86 bits per heavy atom. The Balaban J connectivity index is 1.39. The predicted molar refractivity (Wildman–Crippen MR) is 119 cm³/mol. The van der Waals surface area contributed by atoms with Gasteiger partial charge in [-0.15, -0.1) is 5.10 Å². The third-order valence-electron chi connectivity index (χ3n) is 4.16. The highest BCUT2D eigenvalue weighted by Crippen LogP contribution is 2.25. The summed E-state index contributed by atoms with van der Waals surface area (Å²) in [5.74, 6) is 1.14. The Morgan fingerprint density at radius 1 is 1.07 bits per heavy atom. The van der Waals surface area contributed by atoms with Gasteiger partial charge in [0.15, 0.2) is 5.17 Å². The molecular weight excluding hydrogens is 429 g/mol. The molecule has 1 N–H and O–H groups in total. The van der Waals surface area contributed by atoms with Crippen LogP contribution in [0.1, 0.15) is 11.3 Å². The summed E-state index contributed by atoms with van der Waals surface area (Å²) in [7, 11) is 0. The van der Waals surface area contributed by atoms with E-state index in [1.165, 1.54) is 18.0 Å².